The maximum Gasteiger partial charge on any atom is 0.306 e. The fraction of sp³-hybridized carbons (Fsp3) is 0.400. The molecule has 0 amide bonds. The second-order valence-electron chi connectivity index (χ2n) is 5.52. The van der Waals surface area contributed by atoms with Crippen molar-refractivity contribution < 1.29 is 9.90 Å². The molecule has 0 radical (unpaired) electrons. The molecule has 1 aromatic carbocycles. The van der Waals surface area contributed by atoms with Crippen LogP contribution in [0.3, 0.4) is 0 Å². The average Bonchev–Trinajstić information content (AvgIpc) is 2.97. The number of carboxylic acid groups (broad SMARTS) is 1. The minimum Gasteiger partial charge on any atom is -0.481 e. The third-order valence-corrected chi connectivity index (χ3v) is 4.21. The van der Waals surface area contributed by atoms with Crippen LogP contribution >= 0.6 is 24.0 Å². The Bertz CT molecular complexity index is 652. The molecule has 1 aliphatic rings. The normalized spacial score (nSPS) is 16.0. The number of hydrogen-bond acceptors (Lipinski definition) is 4. The summed E-state index contributed by atoms with van der Waals surface area (Å²) in [7, 11) is 0. The number of aromatic nitrogens is 3. The summed E-state index contributed by atoms with van der Waals surface area (Å²) in [6, 6.07) is 7.40. The fourth-order valence-electron chi connectivity index (χ4n) is 2.66. The van der Waals surface area contributed by atoms with Gasteiger partial charge in [0.15, 0.2) is 0 Å². The Morgan fingerprint density at radius 2 is 1.91 bits per heavy atom. The summed E-state index contributed by atoms with van der Waals surface area (Å²) in [4.78, 5) is 13.2. The van der Waals surface area contributed by atoms with Gasteiger partial charge in [-0.2, -0.15) is 0 Å². The van der Waals surface area contributed by atoms with E-state index in [1.54, 1.807) is 4.68 Å². The van der Waals surface area contributed by atoms with E-state index in [-0.39, 0.29) is 18.3 Å². The highest BCUT2D eigenvalue weighted by molar-refractivity contribution is 6.30. The van der Waals surface area contributed by atoms with Crippen LogP contribution in [0.1, 0.15) is 18.5 Å². The minimum atomic E-state index is -0.687. The maximum absolute atomic E-state index is 10.9. The van der Waals surface area contributed by atoms with Crippen LogP contribution in [-0.2, 0) is 11.3 Å². The van der Waals surface area contributed by atoms with Crippen LogP contribution in [0.25, 0.3) is 5.69 Å². The molecule has 124 valence electrons. The largest absolute Gasteiger partial charge is 0.481 e. The number of rotatable bonds is 4. The van der Waals surface area contributed by atoms with Gasteiger partial charge in [0.25, 0.3) is 0 Å². The third-order valence-electron chi connectivity index (χ3n) is 3.95. The van der Waals surface area contributed by atoms with Crippen molar-refractivity contribution in [2.24, 2.45) is 5.92 Å². The molecule has 1 fully saturated rings. The molecule has 3 rings (SSSR count). The van der Waals surface area contributed by atoms with Gasteiger partial charge < -0.3 is 5.11 Å². The second kappa shape index (κ2) is 7.77. The van der Waals surface area contributed by atoms with Crippen LogP contribution in [0.4, 0.5) is 0 Å². The molecule has 8 heteroatoms. The van der Waals surface area contributed by atoms with Crippen molar-refractivity contribution in [1.29, 1.82) is 0 Å². The molecule has 1 saturated heterocycles. The first-order chi connectivity index (χ1) is 10.6. The molecule has 1 N–H and O–H groups in total. The summed E-state index contributed by atoms with van der Waals surface area (Å²) in [6.45, 7) is 2.26. The van der Waals surface area contributed by atoms with E-state index in [2.05, 4.69) is 15.2 Å². The van der Waals surface area contributed by atoms with Gasteiger partial charge in [0.1, 0.15) is 0 Å². The molecule has 6 nitrogen and oxygen atoms in total. The molecular formula is C15H18Cl2N4O2. The van der Waals surface area contributed by atoms with Crippen LogP contribution in [0.5, 0.6) is 0 Å². The minimum absolute atomic E-state index is 0. The van der Waals surface area contributed by atoms with Gasteiger partial charge in [-0.3, -0.25) is 9.69 Å². The zero-order chi connectivity index (χ0) is 15.5. The number of carboxylic acids is 1. The van der Waals surface area contributed by atoms with E-state index >= 15 is 0 Å². The summed E-state index contributed by atoms with van der Waals surface area (Å²) in [5.41, 5.74) is 1.79. The van der Waals surface area contributed by atoms with Gasteiger partial charge >= 0.3 is 5.97 Å². The lowest BCUT2D eigenvalue weighted by Crippen LogP contribution is -2.35. The lowest BCUT2D eigenvalue weighted by molar-refractivity contribution is -0.143. The van der Waals surface area contributed by atoms with Crippen LogP contribution in [-0.4, -0.2) is 44.1 Å². The number of aliphatic carboxylic acids is 1. The number of hydrogen-bond donors (Lipinski definition) is 1. The van der Waals surface area contributed by atoms with E-state index < -0.39 is 5.97 Å². The van der Waals surface area contributed by atoms with E-state index in [1.165, 1.54) is 0 Å². The molecule has 0 unspecified atom stereocenters. The zero-order valence-corrected chi connectivity index (χ0v) is 14.0. The molecule has 23 heavy (non-hydrogen) atoms. The highest BCUT2D eigenvalue weighted by Gasteiger charge is 2.24. The van der Waals surface area contributed by atoms with E-state index in [1.807, 2.05) is 30.5 Å². The summed E-state index contributed by atoms with van der Waals surface area (Å²) in [6.07, 6.45) is 3.29. The summed E-state index contributed by atoms with van der Waals surface area (Å²) >= 11 is 5.87. The SMILES string of the molecule is Cl.O=C(O)C1CCN(Cc2cn(-c3ccc(Cl)cc3)nn2)CC1. The van der Waals surface area contributed by atoms with Gasteiger partial charge in [0.05, 0.1) is 23.5 Å². The molecule has 0 atom stereocenters. The Hall–Kier alpha value is -1.63. The van der Waals surface area contributed by atoms with E-state index in [9.17, 15) is 4.79 Å². The average molecular weight is 357 g/mol. The van der Waals surface area contributed by atoms with E-state index in [0.717, 1.165) is 24.5 Å². The Balaban J connectivity index is 0.00000192. The molecule has 0 saturated carbocycles. The Morgan fingerprint density at radius 1 is 1.26 bits per heavy atom. The van der Waals surface area contributed by atoms with Crippen molar-refractivity contribution in [3.8, 4) is 5.69 Å². The Morgan fingerprint density at radius 3 is 2.52 bits per heavy atom. The zero-order valence-electron chi connectivity index (χ0n) is 12.4. The number of benzene rings is 1. The monoisotopic (exact) mass is 356 g/mol. The quantitative estimate of drug-likeness (QED) is 0.911. The number of halogens is 2. The fourth-order valence-corrected chi connectivity index (χ4v) is 2.78. The van der Waals surface area contributed by atoms with Gasteiger partial charge in [-0.05, 0) is 50.2 Å². The number of carbonyl (C=O) groups is 1. The molecule has 2 aromatic rings. The Labute approximate surface area is 145 Å². The van der Waals surface area contributed by atoms with Gasteiger partial charge in [-0.15, -0.1) is 17.5 Å². The number of likely N-dealkylation sites (tertiary alicyclic amines) is 1. The van der Waals surface area contributed by atoms with Crippen molar-refractivity contribution in [3.05, 3.63) is 41.2 Å². The summed E-state index contributed by atoms with van der Waals surface area (Å²) < 4.78 is 1.72. The molecule has 0 spiro atoms. The molecule has 1 aliphatic heterocycles. The summed E-state index contributed by atoms with van der Waals surface area (Å²) in [5, 5.41) is 18.0. The van der Waals surface area contributed by atoms with Crippen molar-refractivity contribution in [2.45, 2.75) is 19.4 Å². The van der Waals surface area contributed by atoms with Crippen molar-refractivity contribution >= 4 is 30.0 Å². The van der Waals surface area contributed by atoms with E-state index in [0.29, 0.717) is 24.4 Å². The maximum atomic E-state index is 10.9. The third kappa shape index (κ3) is 4.43. The van der Waals surface area contributed by atoms with Gasteiger partial charge in [-0.25, -0.2) is 4.68 Å². The van der Waals surface area contributed by atoms with E-state index in [4.69, 9.17) is 16.7 Å². The van der Waals surface area contributed by atoms with Crippen LogP contribution < -0.4 is 0 Å². The standard InChI is InChI=1S/C15H17ClN4O2.ClH/c16-12-1-3-14(4-2-12)20-10-13(17-18-20)9-19-7-5-11(6-8-19)15(21)22;/h1-4,10-11H,5-9H2,(H,21,22);1H. The van der Waals surface area contributed by atoms with Crippen LogP contribution in [0.2, 0.25) is 5.02 Å². The van der Waals surface area contributed by atoms with Gasteiger partial charge in [0.2, 0.25) is 0 Å². The predicted molar refractivity (Wildman–Crippen MR) is 89.3 cm³/mol. The summed E-state index contributed by atoms with van der Waals surface area (Å²) in [5.74, 6) is -0.894. The highest BCUT2D eigenvalue weighted by atomic mass is 35.5. The topological polar surface area (TPSA) is 71.2 Å². The number of piperidine rings is 1. The van der Waals surface area contributed by atoms with Crippen molar-refractivity contribution in [1.82, 2.24) is 19.9 Å². The first-order valence-electron chi connectivity index (χ1n) is 7.24. The van der Waals surface area contributed by atoms with Gasteiger partial charge in [0, 0.05) is 11.6 Å². The highest BCUT2D eigenvalue weighted by Crippen LogP contribution is 2.19. The van der Waals surface area contributed by atoms with Crippen molar-refractivity contribution in [3.63, 3.8) is 0 Å². The predicted octanol–water partition coefficient (Wildman–Crippen LogP) is 2.64. The van der Waals surface area contributed by atoms with Crippen molar-refractivity contribution in [2.75, 3.05) is 13.1 Å². The van der Waals surface area contributed by atoms with Gasteiger partial charge in [-0.1, -0.05) is 16.8 Å². The number of nitrogens with zero attached hydrogens (tertiary/aromatic N) is 4. The second-order valence-corrected chi connectivity index (χ2v) is 5.96. The molecule has 1 aromatic heterocycles. The smallest absolute Gasteiger partial charge is 0.306 e. The first-order valence-corrected chi connectivity index (χ1v) is 7.62. The molecular weight excluding hydrogens is 339 g/mol. The molecule has 0 aliphatic carbocycles. The lowest BCUT2D eigenvalue weighted by Gasteiger charge is -2.29. The Kier molecular flexibility index (Phi) is 5.98. The first kappa shape index (κ1) is 17.7. The molecule has 0 bridgehead atoms. The lowest BCUT2D eigenvalue weighted by atomic mass is 9.97. The van der Waals surface area contributed by atoms with Crippen LogP contribution in [0.15, 0.2) is 30.5 Å². The van der Waals surface area contributed by atoms with Crippen LogP contribution in [0, 0.1) is 5.92 Å². The molecule has 2 heterocycles.